The van der Waals surface area contributed by atoms with Crippen molar-refractivity contribution in [3.8, 4) is 0 Å². The number of hydrogen-bond acceptors (Lipinski definition) is 6. The third-order valence-corrected chi connectivity index (χ3v) is 6.40. The highest BCUT2D eigenvalue weighted by molar-refractivity contribution is 7.47. The number of rotatable bonds is 24. The summed E-state index contributed by atoms with van der Waals surface area (Å²) >= 11 is 0. The molecule has 2 N–H and O–H groups in total. The number of aliphatic hydroxyl groups excluding tert-OH is 1. The first-order valence-corrected chi connectivity index (χ1v) is 15.3. The molecule has 0 amide bonds. The minimum Gasteiger partial charge on any atom is -0.463 e. The first-order chi connectivity index (χ1) is 17.6. The Bertz CT molecular complexity index is 701. The predicted octanol–water partition coefficient (Wildman–Crippen LogP) is 6.10. The number of unbranched alkanes of at least 4 members (excludes halogenated alkanes) is 7. The van der Waals surface area contributed by atoms with Crippen LogP contribution in [0.1, 0.15) is 84.0 Å². The van der Waals surface area contributed by atoms with Gasteiger partial charge in [-0.05, 0) is 38.5 Å². The van der Waals surface area contributed by atoms with Gasteiger partial charge >= 0.3 is 13.8 Å². The second kappa shape index (κ2) is 22.7. The molecule has 2 atom stereocenters. The number of likely N-dealkylation sites (N-methyl/N-ethyl adjacent to an activating group) is 1. The van der Waals surface area contributed by atoms with Gasteiger partial charge in [0.2, 0.25) is 0 Å². The van der Waals surface area contributed by atoms with Crippen molar-refractivity contribution in [3.63, 3.8) is 0 Å². The third kappa shape index (κ3) is 27.6. The van der Waals surface area contributed by atoms with Crippen LogP contribution in [0.2, 0.25) is 0 Å². The molecule has 37 heavy (non-hydrogen) atoms. The summed E-state index contributed by atoms with van der Waals surface area (Å²) in [5.41, 5.74) is 0. The van der Waals surface area contributed by atoms with Crippen LogP contribution in [0.3, 0.4) is 0 Å². The average molecular weight is 547 g/mol. The zero-order valence-electron chi connectivity index (χ0n) is 23.7. The number of esters is 1. The molecular formula is C28H53NO7P+. The molecule has 9 heteroatoms. The SMILES string of the molecule is CC/C=C\C/C=C\C/C=C\CCCCCCCCCC(=O)OCC(O)COP(=O)(O)OCC[N+](C)(C)C. The van der Waals surface area contributed by atoms with Gasteiger partial charge in [0.25, 0.3) is 0 Å². The molecule has 0 fully saturated rings. The molecular weight excluding hydrogens is 493 g/mol. The van der Waals surface area contributed by atoms with Crippen molar-refractivity contribution in [2.45, 2.75) is 90.1 Å². The fourth-order valence-corrected chi connectivity index (χ4v) is 3.95. The minimum absolute atomic E-state index is 0.0511. The molecule has 0 aromatic carbocycles. The summed E-state index contributed by atoms with van der Waals surface area (Å²) in [6.45, 7) is 2.00. The van der Waals surface area contributed by atoms with Gasteiger partial charge in [0.15, 0.2) is 0 Å². The van der Waals surface area contributed by atoms with E-state index >= 15 is 0 Å². The standard InChI is InChI=1S/C28H52NO7P/c1-5-6-7-8-9-10-11-12-13-14-15-16-17-18-19-20-21-22-28(31)34-25-27(30)26-36-37(32,33)35-24-23-29(2,3)4/h6-7,9-10,12-13,27,30H,5,8,11,14-26H2,1-4H3/p+1/b7-6-,10-9-,13-12-. The second-order valence-electron chi connectivity index (χ2n) is 10.3. The number of carbonyl (C=O) groups is 1. The van der Waals surface area contributed by atoms with E-state index in [4.69, 9.17) is 13.8 Å². The van der Waals surface area contributed by atoms with Crippen LogP contribution in [0.25, 0.3) is 0 Å². The van der Waals surface area contributed by atoms with E-state index in [0.29, 0.717) is 17.4 Å². The minimum atomic E-state index is -4.25. The average Bonchev–Trinajstić information content (AvgIpc) is 2.82. The Morgan fingerprint density at radius 1 is 0.838 bits per heavy atom. The van der Waals surface area contributed by atoms with E-state index in [-0.39, 0.29) is 19.2 Å². The van der Waals surface area contributed by atoms with Crippen molar-refractivity contribution >= 4 is 13.8 Å². The molecule has 216 valence electrons. The normalized spacial score (nSPS) is 15.1. The topological polar surface area (TPSA) is 102 Å². The van der Waals surface area contributed by atoms with Gasteiger partial charge in [-0.1, -0.05) is 75.5 Å². The summed E-state index contributed by atoms with van der Waals surface area (Å²) in [4.78, 5) is 21.5. The Morgan fingerprint density at radius 3 is 2.03 bits per heavy atom. The fourth-order valence-electron chi connectivity index (χ4n) is 3.20. The van der Waals surface area contributed by atoms with Gasteiger partial charge in [0, 0.05) is 6.42 Å². The third-order valence-electron chi connectivity index (χ3n) is 5.42. The summed E-state index contributed by atoms with van der Waals surface area (Å²) in [7, 11) is 1.55. The Labute approximate surface area is 225 Å². The van der Waals surface area contributed by atoms with Crippen molar-refractivity contribution in [1.29, 1.82) is 0 Å². The highest BCUT2D eigenvalue weighted by Gasteiger charge is 2.24. The smallest absolute Gasteiger partial charge is 0.463 e. The number of carbonyl (C=O) groups excluding carboxylic acids is 1. The lowest BCUT2D eigenvalue weighted by Gasteiger charge is -2.24. The van der Waals surface area contributed by atoms with Crippen molar-refractivity contribution in [3.05, 3.63) is 36.5 Å². The lowest BCUT2D eigenvalue weighted by atomic mass is 10.1. The van der Waals surface area contributed by atoms with E-state index < -0.39 is 20.5 Å². The van der Waals surface area contributed by atoms with Crippen LogP contribution in [-0.2, 0) is 23.1 Å². The molecule has 0 saturated carbocycles. The van der Waals surface area contributed by atoms with Crippen molar-refractivity contribution in [1.82, 2.24) is 0 Å². The summed E-state index contributed by atoms with van der Waals surface area (Å²) in [5.74, 6) is -0.385. The number of quaternary nitrogens is 1. The Kier molecular flexibility index (Phi) is 21.9. The first kappa shape index (κ1) is 35.7. The van der Waals surface area contributed by atoms with E-state index in [9.17, 15) is 19.4 Å². The molecule has 0 spiro atoms. The maximum atomic E-state index is 11.8. The van der Waals surface area contributed by atoms with Gasteiger partial charge in [0.05, 0.1) is 27.7 Å². The second-order valence-corrected chi connectivity index (χ2v) is 11.7. The lowest BCUT2D eigenvalue weighted by molar-refractivity contribution is -0.870. The van der Waals surface area contributed by atoms with Crippen LogP contribution in [0.5, 0.6) is 0 Å². The largest absolute Gasteiger partial charge is 0.472 e. The van der Waals surface area contributed by atoms with Crippen LogP contribution in [0, 0.1) is 0 Å². The summed E-state index contributed by atoms with van der Waals surface area (Å²) in [5, 5.41) is 9.83. The molecule has 0 aliphatic heterocycles. The predicted molar refractivity (Wildman–Crippen MR) is 150 cm³/mol. The Hall–Kier alpha value is -1.28. The molecule has 0 aliphatic carbocycles. The first-order valence-electron chi connectivity index (χ1n) is 13.8. The number of nitrogens with zero attached hydrogens (tertiary/aromatic N) is 1. The van der Waals surface area contributed by atoms with Crippen LogP contribution < -0.4 is 0 Å². The molecule has 0 saturated heterocycles. The number of hydrogen-bond donors (Lipinski definition) is 2. The fraction of sp³-hybridized carbons (Fsp3) is 0.750. The van der Waals surface area contributed by atoms with Crippen LogP contribution in [0.15, 0.2) is 36.5 Å². The van der Waals surface area contributed by atoms with Crippen molar-refractivity contribution in [2.75, 3.05) is 47.5 Å². The van der Waals surface area contributed by atoms with Gasteiger partial charge < -0.3 is 19.2 Å². The maximum absolute atomic E-state index is 11.8. The Morgan fingerprint density at radius 2 is 1.41 bits per heavy atom. The van der Waals surface area contributed by atoms with E-state index in [0.717, 1.165) is 44.9 Å². The van der Waals surface area contributed by atoms with Crippen LogP contribution in [-0.4, -0.2) is 74.1 Å². The molecule has 0 aromatic rings. The molecule has 0 radical (unpaired) electrons. The summed E-state index contributed by atoms with van der Waals surface area (Å²) in [6, 6.07) is 0. The van der Waals surface area contributed by atoms with Gasteiger partial charge in [0.1, 0.15) is 25.9 Å². The quantitative estimate of drug-likeness (QED) is 0.0496. The number of ether oxygens (including phenoxy) is 1. The summed E-state index contributed by atoms with van der Waals surface area (Å²) in [6.07, 6.45) is 24.3. The van der Waals surface area contributed by atoms with E-state index in [2.05, 4.69) is 43.4 Å². The highest BCUT2D eigenvalue weighted by Crippen LogP contribution is 2.43. The maximum Gasteiger partial charge on any atom is 0.472 e. The van der Waals surface area contributed by atoms with Crippen molar-refractivity contribution < 1.29 is 37.6 Å². The monoisotopic (exact) mass is 546 g/mol. The number of phosphoric acid groups is 1. The lowest BCUT2D eigenvalue weighted by Crippen LogP contribution is -2.37. The highest BCUT2D eigenvalue weighted by atomic mass is 31.2. The molecule has 0 aliphatic rings. The van der Waals surface area contributed by atoms with Gasteiger partial charge in [-0.15, -0.1) is 0 Å². The molecule has 0 heterocycles. The number of aliphatic hydroxyl groups is 1. The van der Waals surface area contributed by atoms with E-state index in [1.165, 1.54) is 25.7 Å². The number of phosphoric ester groups is 1. The van der Waals surface area contributed by atoms with Gasteiger partial charge in [-0.25, -0.2) is 4.57 Å². The van der Waals surface area contributed by atoms with Crippen LogP contribution >= 0.6 is 7.82 Å². The summed E-state index contributed by atoms with van der Waals surface area (Å²) < 4.78 is 27.0. The molecule has 0 aromatic heterocycles. The van der Waals surface area contributed by atoms with Crippen LogP contribution in [0.4, 0.5) is 0 Å². The zero-order chi connectivity index (χ0) is 27.8. The van der Waals surface area contributed by atoms with E-state index in [1.54, 1.807) is 0 Å². The van der Waals surface area contributed by atoms with Crippen molar-refractivity contribution in [2.24, 2.45) is 0 Å². The van der Waals surface area contributed by atoms with Gasteiger partial charge in [-0.2, -0.15) is 0 Å². The van der Waals surface area contributed by atoms with Gasteiger partial charge in [-0.3, -0.25) is 13.8 Å². The van der Waals surface area contributed by atoms with E-state index in [1.807, 2.05) is 21.1 Å². The molecule has 0 rings (SSSR count). The molecule has 8 nitrogen and oxygen atoms in total. The molecule has 0 bridgehead atoms. The Balaban J connectivity index is 3.60. The number of allylic oxidation sites excluding steroid dienone is 6. The zero-order valence-corrected chi connectivity index (χ0v) is 24.6. The molecule has 2 unspecified atom stereocenters.